The number of amides is 2. The van der Waals surface area contributed by atoms with Gasteiger partial charge >= 0.3 is 6.03 Å². The number of hydrogen-bond acceptors (Lipinski definition) is 5. The zero-order chi connectivity index (χ0) is 15.9. The van der Waals surface area contributed by atoms with Crippen LogP contribution in [0.5, 0.6) is 0 Å². The van der Waals surface area contributed by atoms with E-state index in [9.17, 15) is 14.9 Å². The molecule has 2 amide bonds. The number of nitrogens with zero attached hydrogens (tertiary/aromatic N) is 2. The predicted octanol–water partition coefficient (Wildman–Crippen LogP) is 2.52. The first kappa shape index (κ1) is 15.4. The molecule has 1 aromatic heterocycles. The van der Waals surface area contributed by atoms with Crippen molar-refractivity contribution in [1.29, 1.82) is 0 Å². The van der Waals surface area contributed by atoms with E-state index in [1.54, 1.807) is 12.3 Å². The van der Waals surface area contributed by atoms with Crippen molar-refractivity contribution in [2.45, 2.75) is 19.4 Å². The molecule has 1 aromatic carbocycles. The Hall–Kier alpha value is -2.94. The van der Waals surface area contributed by atoms with E-state index in [1.807, 2.05) is 6.92 Å². The monoisotopic (exact) mass is 305 g/mol. The van der Waals surface area contributed by atoms with E-state index in [2.05, 4.69) is 20.8 Å². The van der Waals surface area contributed by atoms with Gasteiger partial charge in [0.2, 0.25) is 0 Å². The fraction of sp³-hybridized carbons (Fsp3) is 0.231. The number of hydrogen-bond donors (Lipinski definition) is 3. The second-order valence-electron chi connectivity index (χ2n) is 4.39. The number of hydroxylamine groups is 1. The van der Waals surface area contributed by atoms with Gasteiger partial charge in [-0.1, -0.05) is 13.0 Å². The molecule has 0 fully saturated rings. The Kier molecular flexibility index (Phi) is 5.04. The number of carbonyl (C=O) groups excluding carboxylic acids is 1. The molecule has 3 N–H and O–H groups in total. The molecule has 2 aromatic rings. The number of aromatic nitrogens is 2. The summed E-state index contributed by atoms with van der Waals surface area (Å²) in [6.45, 7) is 1.89. The Balaban J connectivity index is 1.90. The van der Waals surface area contributed by atoms with Gasteiger partial charge in [-0.3, -0.25) is 15.0 Å². The molecule has 1 atom stereocenters. The number of urea groups is 1. The Labute approximate surface area is 125 Å². The summed E-state index contributed by atoms with van der Waals surface area (Å²) in [7, 11) is 0. The first-order valence-corrected chi connectivity index (χ1v) is 6.55. The van der Waals surface area contributed by atoms with Crippen LogP contribution in [-0.4, -0.2) is 20.9 Å². The maximum Gasteiger partial charge on any atom is 0.343 e. The third-order valence-electron chi connectivity index (χ3n) is 2.85. The molecule has 0 aliphatic carbocycles. The first-order chi connectivity index (χ1) is 10.6. The van der Waals surface area contributed by atoms with Gasteiger partial charge in [0.15, 0.2) is 0 Å². The molecule has 0 spiro atoms. The van der Waals surface area contributed by atoms with Crippen molar-refractivity contribution >= 4 is 17.4 Å². The molecule has 2 rings (SSSR count). The number of nitro groups is 1. The van der Waals surface area contributed by atoms with E-state index < -0.39 is 11.0 Å². The third-order valence-corrected chi connectivity index (χ3v) is 2.85. The molecular weight excluding hydrogens is 290 g/mol. The summed E-state index contributed by atoms with van der Waals surface area (Å²) >= 11 is 0. The van der Waals surface area contributed by atoms with Crippen molar-refractivity contribution in [2.24, 2.45) is 0 Å². The highest BCUT2D eigenvalue weighted by atomic mass is 16.7. The Bertz CT molecular complexity index is 644. The van der Waals surface area contributed by atoms with Gasteiger partial charge in [0.05, 0.1) is 23.1 Å². The Morgan fingerprint density at radius 3 is 3.00 bits per heavy atom. The van der Waals surface area contributed by atoms with Gasteiger partial charge in [0.1, 0.15) is 6.10 Å². The van der Waals surface area contributed by atoms with Gasteiger partial charge in [-0.05, 0) is 12.5 Å². The number of imidazole rings is 1. The summed E-state index contributed by atoms with van der Waals surface area (Å²) in [5, 5.41) is 13.1. The third kappa shape index (κ3) is 4.03. The van der Waals surface area contributed by atoms with Crippen LogP contribution in [0.25, 0.3) is 0 Å². The van der Waals surface area contributed by atoms with E-state index >= 15 is 0 Å². The standard InChI is InChI=1S/C13H15N5O4/c1-2-12(11-7-14-8-15-11)22-17-13(19)16-9-4-3-5-10(6-9)18(20)21/h3-8,12H,2H2,1H3,(H,14,15)(H2,16,17,19). The lowest BCUT2D eigenvalue weighted by atomic mass is 10.2. The van der Waals surface area contributed by atoms with Crippen molar-refractivity contribution in [3.05, 3.63) is 52.6 Å². The van der Waals surface area contributed by atoms with E-state index in [0.29, 0.717) is 12.1 Å². The molecule has 0 saturated carbocycles. The lowest BCUT2D eigenvalue weighted by Crippen LogP contribution is -2.30. The van der Waals surface area contributed by atoms with Gasteiger partial charge in [-0.25, -0.2) is 15.3 Å². The zero-order valence-electron chi connectivity index (χ0n) is 11.8. The van der Waals surface area contributed by atoms with Crippen molar-refractivity contribution in [3.8, 4) is 0 Å². The molecule has 0 saturated heterocycles. The second-order valence-corrected chi connectivity index (χ2v) is 4.39. The molecule has 0 aliphatic heterocycles. The number of non-ortho nitro benzene ring substituents is 1. The van der Waals surface area contributed by atoms with Crippen LogP contribution in [0.1, 0.15) is 25.1 Å². The summed E-state index contributed by atoms with van der Waals surface area (Å²) < 4.78 is 0. The van der Waals surface area contributed by atoms with Crippen molar-refractivity contribution in [2.75, 3.05) is 5.32 Å². The van der Waals surface area contributed by atoms with E-state index in [4.69, 9.17) is 4.84 Å². The molecule has 1 heterocycles. The van der Waals surface area contributed by atoms with Crippen LogP contribution >= 0.6 is 0 Å². The largest absolute Gasteiger partial charge is 0.346 e. The summed E-state index contributed by atoms with van der Waals surface area (Å²) in [4.78, 5) is 33.9. The number of nitrogens with one attached hydrogen (secondary N) is 3. The lowest BCUT2D eigenvalue weighted by Gasteiger charge is -2.14. The second kappa shape index (κ2) is 7.18. The number of benzene rings is 1. The highest BCUT2D eigenvalue weighted by molar-refractivity contribution is 5.88. The molecule has 9 nitrogen and oxygen atoms in total. The molecule has 1 unspecified atom stereocenters. The quantitative estimate of drug-likeness (QED) is 0.559. The number of aromatic amines is 1. The average molecular weight is 305 g/mol. The summed E-state index contributed by atoms with van der Waals surface area (Å²) in [6.07, 6.45) is 3.39. The molecule has 0 aliphatic rings. The van der Waals surface area contributed by atoms with Crippen LogP contribution in [0.4, 0.5) is 16.2 Å². The number of carbonyl (C=O) groups is 1. The predicted molar refractivity (Wildman–Crippen MR) is 78.0 cm³/mol. The van der Waals surface area contributed by atoms with Crippen LogP contribution in [-0.2, 0) is 4.84 Å². The minimum Gasteiger partial charge on any atom is -0.346 e. The van der Waals surface area contributed by atoms with E-state index in [0.717, 1.165) is 5.69 Å². The molecule has 116 valence electrons. The van der Waals surface area contributed by atoms with E-state index in [-0.39, 0.29) is 11.8 Å². The zero-order valence-corrected chi connectivity index (χ0v) is 11.8. The molecule has 0 radical (unpaired) electrons. The maximum atomic E-state index is 11.7. The summed E-state index contributed by atoms with van der Waals surface area (Å²) in [6, 6.07) is 4.99. The van der Waals surface area contributed by atoms with Crippen LogP contribution in [0.15, 0.2) is 36.8 Å². The normalized spacial score (nSPS) is 11.7. The van der Waals surface area contributed by atoms with Crippen LogP contribution in [0.2, 0.25) is 0 Å². The average Bonchev–Trinajstić information content (AvgIpc) is 3.02. The molecule has 22 heavy (non-hydrogen) atoms. The number of H-pyrrole nitrogens is 1. The fourth-order valence-electron chi connectivity index (χ4n) is 1.79. The van der Waals surface area contributed by atoms with Gasteiger partial charge in [-0.15, -0.1) is 0 Å². The number of anilines is 1. The van der Waals surface area contributed by atoms with Gasteiger partial charge in [0.25, 0.3) is 5.69 Å². The summed E-state index contributed by atoms with van der Waals surface area (Å²) in [5.74, 6) is 0. The minimum absolute atomic E-state index is 0.109. The van der Waals surface area contributed by atoms with Gasteiger partial charge in [0, 0.05) is 17.8 Å². The SMILES string of the molecule is CCC(ONC(=O)Nc1cccc([N+](=O)[O-])c1)c1cnc[nH]1. The van der Waals surface area contributed by atoms with Crippen molar-refractivity contribution in [3.63, 3.8) is 0 Å². The van der Waals surface area contributed by atoms with Crippen LogP contribution < -0.4 is 10.8 Å². The van der Waals surface area contributed by atoms with E-state index in [1.165, 1.54) is 24.5 Å². The van der Waals surface area contributed by atoms with Gasteiger partial charge in [-0.2, -0.15) is 0 Å². The van der Waals surface area contributed by atoms with Crippen molar-refractivity contribution in [1.82, 2.24) is 15.4 Å². The topological polar surface area (TPSA) is 122 Å². The van der Waals surface area contributed by atoms with Crippen molar-refractivity contribution < 1.29 is 14.6 Å². The first-order valence-electron chi connectivity index (χ1n) is 6.55. The van der Waals surface area contributed by atoms with Gasteiger partial charge < -0.3 is 10.3 Å². The smallest absolute Gasteiger partial charge is 0.343 e. The number of rotatable bonds is 6. The highest BCUT2D eigenvalue weighted by Crippen LogP contribution is 2.18. The Morgan fingerprint density at radius 2 is 2.36 bits per heavy atom. The minimum atomic E-state index is -0.626. The highest BCUT2D eigenvalue weighted by Gasteiger charge is 2.14. The molecule has 9 heteroatoms. The summed E-state index contributed by atoms with van der Waals surface area (Å²) in [5.41, 5.74) is 3.17. The molecular formula is C13H15N5O4. The van der Waals surface area contributed by atoms with Crippen LogP contribution in [0, 0.1) is 10.1 Å². The Morgan fingerprint density at radius 1 is 1.55 bits per heavy atom. The maximum absolute atomic E-state index is 11.7. The number of nitro benzene ring substituents is 1. The fourth-order valence-corrected chi connectivity index (χ4v) is 1.79. The van der Waals surface area contributed by atoms with Crippen LogP contribution in [0.3, 0.4) is 0 Å². The molecule has 0 bridgehead atoms. The lowest BCUT2D eigenvalue weighted by molar-refractivity contribution is -0.384.